The van der Waals surface area contributed by atoms with Crippen LogP contribution in [-0.4, -0.2) is 17.5 Å². The van der Waals surface area contributed by atoms with E-state index in [9.17, 15) is 4.79 Å². The van der Waals surface area contributed by atoms with Crippen molar-refractivity contribution < 1.29 is 14.3 Å². The van der Waals surface area contributed by atoms with Gasteiger partial charge in [-0.3, -0.25) is 0 Å². The summed E-state index contributed by atoms with van der Waals surface area (Å²) in [4.78, 5) is 11.3. The van der Waals surface area contributed by atoms with Gasteiger partial charge in [0.1, 0.15) is 5.76 Å². The second kappa shape index (κ2) is 3.91. The Morgan fingerprint density at radius 2 is 2.22 bits per heavy atom. The number of esters is 1. The van der Waals surface area contributed by atoms with E-state index in [1.165, 1.54) is 6.08 Å². The minimum Gasteiger partial charge on any atom is -0.496 e. The average molecular weight is 243 g/mol. The number of rotatable bonds is 2. The monoisotopic (exact) mass is 243 g/mol. The molecule has 4 nitrogen and oxygen atoms in total. The highest BCUT2D eigenvalue weighted by atomic mass is 16.6. The SMILES string of the molecule is COC1=CC(=O)OC1c1cn2ccccc2c1C. The van der Waals surface area contributed by atoms with Gasteiger partial charge in [-0.05, 0) is 24.6 Å². The predicted octanol–water partition coefficient (Wildman–Crippen LogP) is 2.38. The summed E-state index contributed by atoms with van der Waals surface area (Å²) in [6.07, 6.45) is 4.91. The molecule has 0 spiro atoms. The van der Waals surface area contributed by atoms with Crippen molar-refractivity contribution in [1.29, 1.82) is 0 Å². The fourth-order valence-corrected chi connectivity index (χ4v) is 2.33. The third-order valence-electron chi connectivity index (χ3n) is 3.26. The number of ether oxygens (including phenoxy) is 2. The maximum Gasteiger partial charge on any atom is 0.335 e. The quantitative estimate of drug-likeness (QED) is 0.760. The maximum atomic E-state index is 11.3. The first-order valence-electron chi connectivity index (χ1n) is 5.73. The molecule has 1 atom stereocenters. The predicted molar refractivity (Wildman–Crippen MR) is 66.1 cm³/mol. The number of nitrogens with zero attached hydrogens (tertiary/aromatic N) is 1. The van der Waals surface area contributed by atoms with Gasteiger partial charge >= 0.3 is 5.97 Å². The molecule has 0 amide bonds. The first kappa shape index (κ1) is 10.9. The number of methoxy groups -OCH3 is 1. The smallest absolute Gasteiger partial charge is 0.335 e. The van der Waals surface area contributed by atoms with Crippen molar-refractivity contribution >= 4 is 11.5 Å². The lowest BCUT2D eigenvalue weighted by molar-refractivity contribution is -0.139. The summed E-state index contributed by atoms with van der Waals surface area (Å²) in [6, 6.07) is 5.98. The Morgan fingerprint density at radius 3 is 2.94 bits per heavy atom. The zero-order chi connectivity index (χ0) is 12.7. The highest BCUT2D eigenvalue weighted by molar-refractivity contribution is 5.85. The van der Waals surface area contributed by atoms with E-state index in [2.05, 4.69) is 0 Å². The lowest BCUT2D eigenvalue weighted by Gasteiger charge is -2.12. The summed E-state index contributed by atoms with van der Waals surface area (Å²) in [5.41, 5.74) is 3.16. The van der Waals surface area contributed by atoms with E-state index in [-0.39, 0.29) is 5.97 Å². The molecule has 92 valence electrons. The van der Waals surface area contributed by atoms with Crippen molar-refractivity contribution in [2.75, 3.05) is 7.11 Å². The lowest BCUT2D eigenvalue weighted by atomic mass is 10.1. The number of carbonyl (C=O) groups excluding carboxylic acids is 1. The van der Waals surface area contributed by atoms with Gasteiger partial charge in [0, 0.05) is 23.5 Å². The minimum atomic E-state index is -0.428. The number of aryl methyl sites for hydroxylation is 1. The third kappa shape index (κ3) is 1.49. The molecule has 0 saturated carbocycles. The van der Waals surface area contributed by atoms with Crippen LogP contribution >= 0.6 is 0 Å². The molecule has 0 aromatic carbocycles. The molecule has 3 heterocycles. The Hall–Kier alpha value is -2.23. The van der Waals surface area contributed by atoms with Gasteiger partial charge in [-0.2, -0.15) is 0 Å². The Labute approximate surface area is 104 Å². The first-order valence-corrected chi connectivity index (χ1v) is 5.73. The van der Waals surface area contributed by atoms with Crippen molar-refractivity contribution in [3.8, 4) is 0 Å². The Kier molecular flexibility index (Phi) is 2.37. The van der Waals surface area contributed by atoms with Crippen LogP contribution in [0.4, 0.5) is 0 Å². The van der Waals surface area contributed by atoms with Crippen molar-refractivity contribution in [2.24, 2.45) is 0 Å². The van der Waals surface area contributed by atoms with E-state index in [1.807, 2.05) is 41.9 Å². The van der Waals surface area contributed by atoms with E-state index in [0.717, 1.165) is 16.6 Å². The molecule has 3 rings (SSSR count). The fourth-order valence-electron chi connectivity index (χ4n) is 2.33. The number of aromatic nitrogens is 1. The van der Waals surface area contributed by atoms with Gasteiger partial charge in [0.2, 0.25) is 0 Å². The van der Waals surface area contributed by atoms with Crippen LogP contribution < -0.4 is 0 Å². The van der Waals surface area contributed by atoms with Gasteiger partial charge in [-0.25, -0.2) is 4.79 Å². The van der Waals surface area contributed by atoms with E-state index < -0.39 is 6.10 Å². The fraction of sp³-hybridized carbons (Fsp3) is 0.214. The van der Waals surface area contributed by atoms with Crippen molar-refractivity contribution in [1.82, 2.24) is 4.40 Å². The molecule has 1 aliphatic rings. The van der Waals surface area contributed by atoms with E-state index in [4.69, 9.17) is 9.47 Å². The summed E-state index contributed by atoms with van der Waals surface area (Å²) < 4.78 is 12.5. The van der Waals surface area contributed by atoms with Crippen LogP contribution in [0, 0.1) is 6.92 Å². The number of cyclic esters (lactones) is 1. The van der Waals surface area contributed by atoms with Crippen LogP contribution in [0.15, 0.2) is 42.4 Å². The zero-order valence-electron chi connectivity index (χ0n) is 10.2. The highest BCUT2D eigenvalue weighted by Gasteiger charge is 2.31. The molecule has 0 saturated heterocycles. The van der Waals surface area contributed by atoms with Crippen molar-refractivity contribution in [3.63, 3.8) is 0 Å². The summed E-state index contributed by atoms with van der Waals surface area (Å²) >= 11 is 0. The second-order valence-corrected chi connectivity index (χ2v) is 4.27. The van der Waals surface area contributed by atoms with Gasteiger partial charge in [0.25, 0.3) is 0 Å². The molecule has 0 aliphatic carbocycles. The maximum absolute atomic E-state index is 11.3. The Bertz CT molecular complexity index is 654. The van der Waals surface area contributed by atoms with E-state index in [1.54, 1.807) is 7.11 Å². The Balaban J connectivity index is 2.13. The number of hydrogen-bond donors (Lipinski definition) is 0. The van der Waals surface area contributed by atoms with Gasteiger partial charge in [0.05, 0.1) is 13.2 Å². The molecule has 0 fully saturated rings. The van der Waals surface area contributed by atoms with Crippen LogP contribution in [-0.2, 0) is 14.3 Å². The number of fused-ring (bicyclic) bond motifs is 1. The van der Waals surface area contributed by atoms with Gasteiger partial charge in [-0.1, -0.05) is 6.07 Å². The standard InChI is InChI=1S/C14H13NO3/c1-9-10(8-15-6-4-3-5-11(9)15)14-12(17-2)7-13(16)18-14/h3-8,14H,1-2H3. The highest BCUT2D eigenvalue weighted by Crippen LogP contribution is 2.35. The molecule has 2 aromatic rings. The second-order valence-electron chi connectivity index (χ2n) is 4.27. The summed E-state index contributed by atoms with van der Waals surface area (Å²) in [5, 5.41) is 0. The number of hydrogen-bond acceptors (Lipinski definition) is 3. The molecule has 1 aliphatic heterocycles. The van der Waals surface area contributed by atoms with Gasteiger partial charge in [0.15, 0.2) is 6.10 Å². The van der Waals surface area contributed by atoms with Crippen LogP contribution in [0.2, 0.25) is 0 Å². The van der Waals surface area contributed by atoms with Crippen LogP contribution in [0.1, 0.15) is 17.2 Å². The summed E-state index contributed by atoms with van der Waals surface area (Å²) in [7, 11) is 1.55. The van der Waals surface area contributed by atoms with E-state index >= 15 is 0 Å². The van der Waals surface area contributed by atoms with Crippen LogP contribution in [0.25, 0.3) is 5.52 Å². The molecule has 0 N–H and O–H groups in total. The third-order valence-corrected chi connectivity index (χ3v) is 3.26. The summed E-state index contributed by atoms with van der Waals surface area (Å²) in [5.74, 6) is 0.200. The molecule has 4 heteroatoms. The van der Waals surface area contributed by atoms with Gasteiger partial charge < -0.3 is 13.9 Å². The molecule has 0 radical (unpaired) electrons. The number of carbonyl (C=O) groups is 1. The topological polar surface area (TPSA) is 39.9 Å². The van der Waals surface area contributed by atoms with Crippen molar-refractivity contribution in [2.45, 2.75) is 13.0 Å². The molecular formula is C14H13NO3. The minimum absolute atomic E-state index is 0.355. The first-order chi connectivity index (χ1) is 8.70. The van der Waals surface area contributed by atoms with Crippen LogP contribution in [0.3, 0.4) is 0 Å². The Morgan fingerprint density at radius 1 is 1.39 bits per heavy atom. The average Bonchev–Trinajstić information content (AvgIpc) is 2.91. The van der Waals surface area contributed by atoms with Crippen molar-refractivity contribution in [3.05, 3.63) is 53.6 Å². The van der Waals surface area contributed by atoms with Crippen LogP contribution in [0.5, 0.6) is 0 Å². The molecule has 2 aromatic heterocycles. The van der Waals surface area contributed by atoms with Gasteiger partial charge in [-0.15, -0.1) is 0 Å². The summed E-state index contributed by atoms with van der Waals surface area (Å²) in [6.45, 7) is 2.02. The van der Waals surface area contributed by atoms with E-state index in [0.29, 0.717) is 5.76 Å². The zero-order valence-corrected chi connectivity index (χ0v) is 10.2. The number of pyridine rings is 1. The normalized spacial score (nSPS) is 18.9. The lowest BCUT2D eigenvalue weighted by Crippen LogP contribution is -2.04. The molecule has 1 unspecified atom stereocenters. The molecule has 18 heavy (non-hydrogen) atoms. The molecular weight excluding hydrogens is 230 g/mol. The largest absolute Gasteiger partial charge is 0.496 e. The molecule has 0 bridgehead atoms.